The molecule has 1 atom stereocenters. The van der Waals surface area contributed by atoms with Crippen LogP contribution in [0, 0.1) is 0 Å². The van der Waals surface area contributed by atoms with Gasteiger partial charge in [0.2, 0.25) is 0 Å². The summed E-state index contributed by atoms with van der Waals surface area (Å²) < 4.78 is 7.50. The van der Waals surface area contributed by atoms with Crippen molar-refractivity contribution in [3.05, 3.63) is 45.1 Å². The van der Waals surface area contributed by atoms with Crippen molar-refractivity contribution in [2.45, 2.75) is 17.2 Å². The Hall–Kier alpha value is -3.14. The smallest absolute Gasteiger partial charge is 0.332 e. The highest BCUT2D eigenvalue weighted by Gasteiger charge is 2.21. The van der Waals surface area contributed by atoms with Gasteiger partial charge in [-0.1, -0.05) is 23.9 Å². The first kappa shape index (κ1) is 19.6. The molecule has 2 heterocycles. The van der Waals surface area contributed by atoms with Crippen LogP contribution in [0.1, 0.15) is 6.92 Å². The lowest BCUT2D eigenvalue weighted by Gasteiger charge is -2.16. The number of carbonyl (C=O) groups is 1. The zero-order valence-electron chi connectivity index (χ0n) is 15.6. The van der Waals surface area contributed by atoms with E-state index < -0.39 is 22.5 Å². The molecular formula is C18H17N4O5S-. The summed E-state index contributed by atoms with van der Waals surface area (Å²) in [5, 5.41) is 10.5. The third-order valence-electron chi connectivity index (χ3n) is 4.24. The van der Waals surface area contributed by atoms with Crippen LogP contribution >= 0.6 is 11.8 Å². The Kier molecular flexibility index (Phi) is 5.23. The highest BCUT2D eigenvalue weighted by molar-refractivity contribution is 8.00. The van der Waals surface area contributed by atoms with Crippen molar-refractivity contribution in [1.82, 2.24) is 19.1 Å². The van der Waals surface area contributed by atoms with Gasteiger partial charge in [0.05, 0.1) is 18.6 Å². The van der Waals surface area contributed by atoms with Crippen LogP contribution in [0.5, 0.6) is 5.75 Å². The van der Waals surface area contributed by atoms with Crippen molar-refractivity contribution >= 4 is 28.8 Å². The molecule has 2 aromatic heterocycles. The molecule has 0 bridgehead atoms. The number of carboxylic acids is 1. The molecule has 3 aromatic rings. The quantitative estimate of drug-likeness (QED) is 0.431. The number of aryl methyl sites for hydroxylation is 1. The van der Waals surface area contributed by atoms with Crippen molar-refractivity contribution in [2.24, 2.45) is 14.1 Å². The van der Waals surface area contributed by atoms with Crippen molar-refractivity contribution in [2.75, 3.05) is 7.11 Å². The molecule has 3 rings (SSSR count). The molecule has 0 N–H and O–H groups in total. The number of carboxylic acid groups (broad SMARTS) is 1. The second-order valence-electron chi connectivity index (χ2n) is 6.04. The largest absolute Gasteiger partial charge is 0.549 e. The molecule has 10 heteroatoms. The lowest BCUT2D eigenvalue weighted by Crippen LogP contribution is -2.38. The maximum Gasteiger partial charge on any atom is 0.332 e. The average molecular weight is 401 g/mol. The van der Waals surface area contributed by atoms with E-state index in [1.807, 2.05) is 0 Å². The fourth-order valence-electron chi connectivity index (χ4n) is 2.68. The van der Waals surface area contributed by atoms with Gasteiger partial charge in [0.25, 0.3) is 5.56 Å². The van der Waals surface area contributed by atoms with Crippen LogP contribution in [0.15, 0.2) is 38.9 Å². The molecule has 0 aliphatic rings. The van der Waals surface area contributed by atoms with Gasteiger partial charge in [-0.05, 0) is 19.1 Å². The summed E-state index contributed by atoms with van der Waals surface area (Å²) in [6, 6.07) is 7.01. The lowest BCUT2D eigenvalue weighted by molar-refractivity contribution is -0.304. The Morgan fingerprint density at radius 1 is 1.18 bits per heavy atom. The molecule has 9 nitrogen and oxygen atoms in total. The van der Waals surface area contributed by atoms with E-state index in [0.717, 1.165) is 16.3 Å². The highest BCUT2D eigenvalue weighted by Crippen LogP contribution is 2.32. The first-order valence-electron chi connectivity index (χ1n) is 8.25. The van der Waals surface area contributed by atoms with E-state index in [9.17, 15) is 19.5 Å². The summed E-state index contributed by atoms with van der Waals surface area (Å²) in [5.74, 6) is -0.585. The molecule has 0 aliphatic heterocycles. The predicted octanol–water partition coefficient (Wildman–Crippen LogP) is -0.0667. The minimum Gasteiger partial charge on any atom is -0.549 e. The van der Waals surface area contributed by atoms with E-state index in [2.05, 4.69) is 9.97 Å². The Morgan fingerprint density at radius 2 is 1.86 bits per heavy atom. The van der Waals surface area contributed by atoms with Crippen molar-refractivity contribution < 1.29 is 14.6 Å². The molecule has 0 radical (unpaired) electrons. The standard InChI is InChI=1S/C18H18N4O5S/c1-9(17(24)25)28-15-12-14(21(2)18(26)22(3)16(12)23)19-13(20-15)10-7-5-6-8-11(10)27-4/h5-9H,1-4H3,(H,24,25)/p-1/t9-/m1/s1. The lowest BCUT2D eigenvalue weighted by atomic mass is 10.2. The number of fused-ring (bicyclic) bond motifs is 1. The Morgan fingerprint density at radius 3 is 2.50 bits per heavy atom. The summed E-state index contributed by atoms with van der Waals surface area (Å²) in [4.78, 5) is 45.1. The molecule has 28 heavy (non-hydrogen) atoms. The number of methoxy groups -OCH3 is 1. The van der Waals surface area contributed by atoms with Gasteiger partial charge in [-0.3, -0.25) is 13.9 Å². The fraction of sp³-hybridized carbons (Fsp3) is 0.278. The van der Waals surface area contributed by atoms with Gasteiger partial charge < -0.3 is 14.6 Å². The van der Waals surface area contributed by atoms with E-state index in [0.29, 0.717) is 11.3 Å². The van der Waals surface area contributed by atoms with E-state index in [-0.39, 0.29) is 21.9 Å². The van der Waals surface area contributed by atoms with Crippen LogP contribution in [0.3, 0.4) is 0 Å². The molecule has 0 unspecified atom stereocenters. The first-order valence-corrected chi connectivity index (χ1v) is 9.13. The molecule has 0 aliphatic carbocycles. The van der Waals surface area contributed by atoms with Crippen molar-refractivity contribution in [3.8, 4) is 17.1 Å². The topological polar surface area (TPSA) is 119 Å². The van der Waals surface area contributed by atoms with Crippen LogP contribution in [-0.2, 0) is 18.9 Å². The monoisotopic (exact) mass is 401 g/mol. The number of carbonyl (C=O) groups excluding carboxylic acids is 1. The molecule has 0 spiro atoms. The second kappa shape index (κ2) is 7.47. The number of nitrogens with zero attached hydrogens (tertiary/aromatic N) is 4. The van der Waals surface area contributed by atoms with Gasteiger partial charge >= 0.3 is 5.69 Å². The molecular weight excluding hydrogens is 384 g/mol. The number of aliphatic carboxylic acids is 1. The van der Waals surface area contributed by atoms with Crippen LogP contribution < -0.4 is 21.1 Å². The number of ether oxygens (including phenoxy) is 1. The van der Waals surface area contributed by atoms with Gasteiger partial charge in [0, 0.05) is 19.3 Å². The maximum atomic E-state index is 12.7. The number of hydrogen-bond donors (Lipinski definition) is 0. The van der Waals surface area contributed by atoms with E-state index in [1.54, 1.807) is 24.3 Å². The van der Waals surface area contributed by atoms with E-state index >= 15 is 0 Å². The Bertz CT molecular complexity index is 1200. The average Bonchev–Trinajstić information content (AvgIpc) is 2.69. The molecule has 0 saturated carbocycles. The second-order valence-corrected chi connectivity index (χ2v) is 7.37. The minimum absolute atomic E-state index is 0.0707. The minimum atomic E-state index is -1.29. The highest BCUT2D eigenvalue weighted by atomic mass is 32.2. The first-order chi connectivity index (χ1) is 13.3. The summed E-state index contributed by atoms with van der Waals surface area (Å²) in [6.45, 7) is 1.43. The molecule has 146 valence electrons. The van der Waals surface area contributed by atoms with Gasteiger partial charge in [-0.2, -0.15) is 0 Å². The van der Waals surface area contributed by atoms with Crippen LogP contribution in [-0.4, -0.2) is 37.4 Å². The zero-order chi connectivity index (χ0) is 20.6. The number of para-hydroxylation sites is 1. The van der Waals surface area contributed by atoms with Crippen LogP contribution in [0.25, 0.3) is 22.4 Å². The number of thioether (sulfide) groups is 1. The molecule has 0 amide bonds. The number of benzene rings is 1. The maximum absolute atomic E-state index is 12.7. The summed E-state index contributed by atoms with van der Waals surface area (Å²) in [7, 11) is 4.33. The molecule has 1 aromatic carbocycles. The third kappa shape index (κ3) is 3.26. The predicted molar refractivity (Wildman–Crippen MR) is 102 cm³/mol. The molecule has 0 saturated heterocycles. The fourth-order valence-corrected chi connectivity index (χ4v) is 3.55. The number of hydrogen-bond acceptors (Lipinski definition) is 8. The Labute approximate surface area is 163 Å². The van der Waals surface area contributed by atoms with Gasteiger partial charge in [0.15, 0.2) is 11.5 Å². The zero-order valence-corrected chi connectivity index (χ0v) is 16.4. The van der Waals surface area contributed by atoms with Gasteiger partial charge in [0.1, 0.15) is 16.2 Å². The summed E-state index contributed by atoms with van der Waals surface area (Å²) in [6.07, 6.45) is 0. The third-order valence-corrected chi connectivity index (χ3v) is 5.30. The van der Waals surface area contributed by atoms with Crippen LogP contribution in [0.2, 0.25) is 0 Å². The summed E-state index contributed by atoms with van der Waals surface area (Å²) in [5.41, 5.74) is -0.496. The normalized spacial score (nSPS) is 12.1. The summed E-state index contributed by atoms with van der Waals surface area (Å²) >= 11 is 0.858. The van der Waals surface area contributed by atoms with Crippen LogP contribution in [0.4, 0.5) is 0 Å². The van der Waals surface area contributed by atoms with E-state index in [4.69, 9.17) is 4.74 Å². The van der Waals surface area contributed by atoms with Crippen molar-refractivity contribution in [3.63, 3.8) is 0 Å². The molecule has 0 fully saturated rings. The van der Waals surface area contributed by atoms with Gasteiger partial charge in [-0.15, -0.1) is 0 Å². The van der Waals surface area contributed by atoms with Crippen molar-refractivity contribution in [1.29, 1.82) is 0 Å². The number of rotatable bonds is 5. The van der Waals surface area contributed by atoms with E-state index in [1.165, 1.54) is 32.7 Å². The Balaban J connectivity index is 2.42. The van der Waals surface area contributed by atoms with Gasteiger partial charge in [-0.25, -0.2) is 14.8 Å². The number of aromatic nitrogens is 4. The SMILES string of the molecule is COc1ccccc1-c1nc(S[C@H](C)C(=O)[O-])c2c(=O)n(C)c(=O)n(C)c2n1.